The number of fused-ring (bicyclic) bond motifs is 1. The summed E-state index contributed by atoms with van der Waals surface area (Å²) >= 11 is 0. The van der Waals surface area contributed by atoms with Gasteiger partial charge in [-0.05, 0) is 42.2 Å². The van der Waals surface area contributed by atoms with Gasteiger partial charge >= 0.3 is 0 Å². The van der Waals surface area contributed by atoms with Gasteiger partial charge in [0.15, 0.2) is 5.96 Å². The lowest BCUT2D eigenvalue weighted by Gasteiger charge is -2.22. The van der Waals surface area contributed by atoms with Gasteiger partial charge in [0.25, 0.3) is 0 Å². The molecule has 2 aromatic carbocycles. The summed E-state index contributed by atoms with van der Waals surface area (Å²) < 4.78 is 5.20. The number of nitrogens with one attached hydrogen (secondary N) is 1. The first-order valence-corrected chi connectivity index (χ1v) is 10.1. The van der Waals surface area contributed by atoms with Crippen LogP contribution in [-0.4, -0.2) is 51.1 Å². The molecule has 0 bridgehead atoms. The first-order valence-electron chi connectivity index (χ1n) is 10.1. The van der Waals surface area contributed by atoms with Crippen LogP contribution in [0.2, 0.25) is 0 Å². The summed E-state index contributed by atoms with van der Waals surface area (Å²) in [5, 5.41) is 3.36. The van der Waals surface area contributed by atoms with E-state index < -0.39 is 0 Å². The smallest absolute Gasteiger partial charge is 0.227 e. The van der Waals surface area contributed by atoms with Gasteiger partial charge in [0.2, 0.25) is 5.91 Å². The minimum atomic E-state index is 0. The molecule has 0 radical (unpaired) electrons. The van der Waals surface area contributed by atoms with Crippen molar-refractivity contribution < 1.29 is 9.53 Å². The van der Waals surface area contributed by atoms with Crippen LogP contribution in [0.1, 0.15) is 24.0 Å². The Balaban J connectivity index is 0.00000320. The molecule has 3 rings (SSSR count). The summed E-state index contributed by atoms with van der Waals surface area (Å²) in [6.07, 6.45) is 2.25. The second kappa shape index (κ2) is 11.8. The van der Waals surface area contributed by atoms with Crippen molar-refractivity contribution in [2.45, 2.75) is 25.8 Å². The Kier molecular flexibility index (Phi) is 9.42. The van der Waals surface area contributed by atoms with E-state index in [-0.39, 0.29) is 29.9 Å². The van der Waals surface area contributed by atoms with E-state index in [9.17, 15) is 4.79 Å². The van der Waals surface area contributed by atoms with Gasteiger partial charge in [-0.25, -0.2) is 0 Å². The Bertz CT molecular complexity index is 855. The minimum Gasteiger partial charge on any atom is -0.497 e. The predicted molar refractivity (Wildman–Crippen MR) is 133 cm³/mol. The SMILES string of the molecule is CN=C(NCCCC(=O)N1CCc2ccccc21)N(C)Cc1ccc(OC)cc1.I. The monoisotopic (exact) mass is 522 g/mol. The molecular weight excluding hydrogens is 491 g/mol. The molecule has 2 aromatic rings. The number of anilines is 1. The van der Waals surface area contributed by atoms with Crippen LogP contribution in [0.5, 0.6) is 5.75 Å². The Labute approximate surface area is 196 Å². The number of carbonyl (C=O) groups excluding carboxylic acids is 1. The molecule has 162 valence electrons. The molecule has 1 heterocycles. The van der Waals surface area contributed by atoms with Gasteiger partial charge < -0.3 is 19.9 Å². The maximum atomic E-state index is 12.6. The quantitative estimate of drug-likeness (QED) is 0.261. The van der Waals surface area contributed by atoms with E-state index in [1.807, 2.05) is 42.3 Å². The lowest BCUT2D eigenvalue weighted by atomic mass is 10.2. The highest BCUT2D eigenvalue weighted by molar-refractivity contribution is 14.0. The van der Waals surface area contributed by atoms with E-state index in [0.29, 0.717) is 13.0 Å². The topological polar surface area (TPSA) is 57.2 Å². The number of guanidine groups is 1. The summed E-state index contributed by atoms with van der Waals surface area (Å²) in [4.78, 5) is 20.9. The summed E-state index contributed by atoms with van der Waals surface area (Å²) in [6.45, 7) is 2.24. The number of aliphatic imine (C=N–C) groups is 1. The largest absolute Gasteiger partial charge is 0.497 e. The number of hydrogen-bond acceptors (Lipinski definition) is 3. The summed E-state index contributed by atoms with van der Waals surface area (Å²) in [5.41, 5.74) is 3.51. The van der Waals surface area contributed by atoms with Crippen molar-refractivity contribution in [3.63, 3.8) is 0 Å². The zero-order valence-corrected chi connectivity index (χ0v) is 20.3. The molecule has 0 atom stereocenters. The highest BCUT2D eigenvalue weighted by atomic mass is 127. The van der Waals surface area contributed by atoms with Crippen molar-refractivity contribution in [3.05, 3.63) is 59.7 Å². The van der Waals surface area contributed by atoms with Crippen LogP contribution in [0.15, 0.2) is 53.5 Å². The van der Waals surface area contributed by atoms with Crippen molar-refractivity contribution in [1.82, 2.24) is 10.2 Å². The number of hydrogen-bond donors (Lipinski definition) is 1. The first kappa shape index (κ1) is 24.0. The average Bonchev–Trinajstić information content (AvgIpc) is 3.18. The second-order valence-electron chi connectivity index (χ2n) is 7.21. The molecule has 0 saturated heterocycles. The number of benzene rings is 2. The summed E-state index contributed by atoms with van der Waals surface area (Å²) in [6, 6.07) is 16.2. The van der Waals surface area contributed by atoms with Crippen LogP contribution < -0.4 is 15.0 Å². The third-order valence-electron chi connectivity index (χ3n) is 5.19. The standard InChI is InChI=1S/C23H30N4O2.HI/c1-24-23(26(2)17-18-10-12-20(29-3)13-11-18)25-15-6-9-22(28)27-16-14-19-7-4-5-8-21(19)27;/h4-5,7-8,10-13H,6,9,14-17H2,1-3H3,(H,24,25);1H. The number of halogens is 1. The van der Waals surface area contributed by atoms with Crippen molar-refractivity contribution >= 4 is 41.5 Å². The first-order chi connectivity index (χ1) is 14.1. The highest BCUT2D eigenvalue weighted by Crippen LogP contribution is 2.27. The fourth-order valence-corrected chi connectivity index (χ4v) is 3.64. The number of ether oxygens (including phenoxy) is 1. The van der Waals surface area contributed by atoms with Crippen molar-refractivity contribution in [1.29, 1.82) is 0 Å². The molecular formula is C23H31IN4O2. The minimum absolute atomic E-state index is 0. The van der Waals surface area contributed by atoms with E-state index in [4.69, 9.17) is 4.74 Å². The maximum absolute atomic E-state index is 12.6. The zero-order chi connectivity index (χ0) is 20.6. The lowest BCUT2D eigenvalue weighted by molar-refractivity contribution is -0.118. The van der Waals surface area contributed by atoms with Gasteiger partial charge in [0.1, 0.15) is 5.75 Å². The molecule has 0 aromatic heterocycles. The van der Waals surface area contributed by atoms with Gasteiger partial charge in [-0.3, -0.25) is 9.79 Å². The van der Waals surface area contributed by atoms with E-state index >= 15 is 0 Å². The Morgan fingerprint density at radius 3 is 2.63 bits per heavy atom. The van der Waals surface area contributed by atoms with Crippen molar-refractivity contribution in [2.75, 3.05) is 39.2 Å². The summed E-state index contributed by atoms with van der Waals surface area (Å²) in [7, 11) is 5.45. The van der Waals surface area contributed by atoms with E-state index in [0.717, 1.165) is 43.3 Å². The average molecular weight is 522 g/mol. The van der Waals surface area contributed by atoms with E-state index in [2.05, 4.69) is 33.4 Å². The molecule has 0 spiro atoms. The molecule has 1 amide bonds. The lowest BCUT2D eigenvalue weighted by Crippen LogP contribution is -2.39. The van der Waals surface area contributed by atoms with Crippen LogP contribution in [-0.2, 0) is 17.8 Å². The zero-order valence-electron chi connectivity index (χ0n) is 17.9. The van der Waals surface area contributed by atoms with Crippen molar-refractivity contribution in [2.24, 2.45) is 4.99 Å². The van der Waals surface area contributed by atoms with Crippen molar-refractivity contribution in [3.8, 4) is 5.75 Å². The van der Waals surface area contributed by atoms with Gasteiger partial charge in [-0.2, -0.15) is 0 Å². The maximum Gasteiger partial charge on any atom is 0.227 e. The Hall–Kier alpha value is -2.29. The third kappa shape index (κ3) is 6.10. The van der Waals surface area contributed by atoms with Gasteiger partial charge in [0, 0.05) is 45.8 Å². The molecule has 30 heavy (non-hydrogen) atoms. The van der Waals surface area contributed by atoms with E-state index in [1.165, 1.54) is 11.1 Å². The highest BCUT2D eigenvalue weighted by Gasteiger charge is 2.23. The molecule has 1 aliphatic rings. The number of carbonyl (C=O) groups is 1. The summed E-state index contributed by atoms with van der Waals surface area (Å²) in [5.74, 6) is 1.86. The van der Waals surface area contributed by atoms with Gasteiger partial charge in [0.05, 0.1) is 7.11 Å². The number of methoxy groups -OCH3 is 1. The fourth-order valence-electron chi connectivity index (χ4n) is 3.64. The number of nitrogens with zero attached hydrogens (tertiary/aromatic N) is 3. The molecule has 0 saturated carbocycles. The van der Waals surface area contributed by atoms with Crippen LogP contribution >= 0.6 is 24.0 Å². The number of rotatable bonds is 7. The number of para-hydroxylation sites is 1. The predicted octanol–water partition coefficient (Wildman–Crippen LogP) is 3.69. The number of amides is 1. The third-order valence-corrected chi connectivity index (χ3v) is 5.19. The normalized spacial score (nSPS) is 12.8. The Morgan fingerprint density at radius 2 is 1.93 bits per heavy atom. The van der Waals surface area contributed by atoms with Crippen LogP contribution in [0.3, 0.4) is 0 Å². The molecule has 0 unspecified atom stereocenters. The fraction of sp³-hybridized carbons (Fsp3) is 0.391. The molecule has 0 aliphatic carbocycles. The van der Waals surface area contributed by atoms with Crippen LogP contribution in [0.4, 0.5) is 5.69 Å². The second-order valence-corrected chi connectivity index (χ2v) is 7.21. The molecule has 6 nitrogen and oxygen atoms in total. The van der Waals surface area contributed by atoms with Crippen LogP contribution in [0, 0.1) is 0 Å². The molecule has 0 fully saturated rings. The van der Waals surface area contributed by atoms with Crippen LogP contribution in [0.25, 0.3) is 0 Å². The molecule has 7 heteroatoms. The van der Waals surface area contributed by atoms with Gasteiger partial charge in [-0.1, -0.05) is 30.3 Å². The molecule has 1 aliphatic heterocycles. The molecule has 1 N–H and O–H groups in total. The van der Waals surface area contributed by atoms with E-state index in [1.54, 1.807) is 14.2 Å². The van der Waals surface area contributed by atoms with Gasteiger partial charge in [-0.15, -0.1) is 24.0 Å². The Morgan fingerprint density at radius 1 is 1.20 bits per heavy atom.